The topological polar surface area (TPSA) is 32.3 Å². The molecular weight excluding hydrogens is 145 g/mol. The summed E-state index contributed by atoms with van der Waals surface area (Å²) in [5, 5.41) is 11.7. The minimum Gasteiger partial charge on any atom is -0.393 e. The van der Waals surface area contributed by atoms with Crippen LogP contribution in [0.2, 0.25) is 0 Å². The van der Waals surface area contributed by atoms with Gasteiger partial charge in [0.05, 0.1) is 6.61 Å². The SMILES string of the molecule is OCC(F)CC1CCNCC1. The number of hydrogen-bond donors (Lipinski definition) is 2. The van der Waals surface area contributed by atoms with E-state index in [1.807, 2.05) is 0 Å². The third kappa shape index (κ3) is 3.16. The largest absolute Gasteiger partial charge is 0.393 e. The Labute approximate surface area is 66.8 Å². The average molecular weight is 161 g/mol. The smallest absolute Gasteiger partial charge is 0.123 e. The second-order valence-electron chi connectivity index (χ2n) is 3.21. The van der Waals surface area contributed by atoms with Crippen LogP contribution >= 0.6 is 0 Å². The molecule has 1 aliphatic rings. The molecule has 1 rings (SSSR count). The maximum absolute atomic E-state index is 12.6. The van der Waals surface area contributed by atoms with E-state index >= 15 is 0 Å². The van der Waals surface area contributed by atoms with Crippen LogP contribution in [-0.2, 0) is 0 Å². The second kappa shape index (κ2) is 4.67. The van der Waals surface area contributed by atoms with Crippen LogP contribution in [0.4, 0.5) is 4.39 Å². The maximum atomic E-state index is 12.6. The van der Waals surface area contributed by atoms with E-state index in [1.165, 1.54) is 0 Å². The highest BCUT2D eigenvalue weighted by molar-refractivity contribution is 4.71. The molecule has 0 bridgehead atoms. The molecule has 3 heteroatoms. The van der Waals surface area contributed by atoms with Crippen molar-refractivity contribution in [3.63, 3.8) is 0 Å². The zero-order valence-corrected chi connectivity index (χ0v) is 6.72. The molecular formula is C8H16FNO. The van der Waals surface area contributed by atoms with Crippen LogP contribution in [0.25, 0.3) is 0 Å². The van der Waals surface area contributed by atoms with E-state index in [0.717, 1.165) is 25.9 Å². The monoisotopic (exact) mass is 161 g/mol. The van der Waals surface area contributed by atoms with Crippen molar-refractivity contribution >= 4 is 0 Å². The summed E-state index contributed by atoms with van der Waals surface area (Å²) < 4.78 is 12.6. The van der Waals surface area contributed by atoms with Gasteiger partial charge in [-0.25, -0.2) is 4.39 Å². The summed E-state index contributed by atoms with van der Waals surface area (Å²) in [7, 11) is 0. The summed E-state index contributed by atoms with van der Waals surface area (Å²) in [5.41, 5.74) is 0. The summed E-state index contributed by atoms with van der Waals surface area (Å²) in [4.78, 5) is 0. The van der Waals surface area contributed by atoms with Gasteiger partial charge in [-0.2, -0.15) is 0 Å². The lowest BCUT2D eigenvalue weighted by molar-refractivity contribution is 0.144. The molecule has 2 N–H and O–H groups in total. The fourth-order valence-corrected chi connectivity index (χ4v) is 1.55. The molecule has 0 radical (unpaired) electrons. The summed E-state index contributed by atoms with van der Waals surface area (Å²) in [5.74, 6) is 0.485. The van der Waals surface area contributed by atoms with Gasteiger partial charge in [-0.1, -0.05) is 0 Å². The molecule has 2 nitrogen and oxygen atoms in total. The number of alkyl halides is 1. The Morgan fingerprint density at radius 2 is 2.09 bits per heavy atom. The molecule has 1 unspecified atom stereocenters. The number of rotatable bonds is 3. The highest BCUT2D eigenvalue weighted by Gasteiger charge is 2.17. The lowest BCUT2D eigenvalue weighted by Gasteiger charge is -2.23. The minimum atomic E-state index is -1.00. The fourth-order valence-electron chi connectivity index (χ4n) is 1.55. The Morgan fingerprint density at radius 1 is 1.45 bits per heavy atom. The second-order valence-corrected chi connectivity index (χ2v) is 3.21. The molecule has 0 aromatic rings. The van der Waals surface area contributed by atoms with Crippen molar-refractivity contribution in [3.05, 3.63) is 0 Å². The maximum Gasteiger partial charge on any atom is 0.123 e. The number of aliphatic hydroxyl groups is 1. The van der Waals surface area contributed by atoms with Gasteiger partial charge in [0.1, 0.15) is 6.17 Å². The fraction of sp³-hybridized carbons (Fsp3) is 1.00. The first-order chi connectivity index (χ1) is 5.33. The van der Waals surface area contributed by atoms with Gasteiger partial charge in [-0.05, 0) is 38.3 Å². The normalized spacial score (nSPS) is 23.5. The molecule has 0 aromatic heterocycles. The lowest BCUT2D eigenvalue weighted by Crippen LogP contribution is -2.29. The molecule has 0 amide bonds. The van der Waals surface area contributed by atoms with Gasteiger partial charge in [-0.3, -0.25) is 0 Å². The lowest BCUT2D eigenvalue weighted by atomic mass is 9.93. The summed E-state index contributed by atoms with van der Waals surface area (Å²) >= 11 is 0. The molecule has 1 saturated heterocycles. The number of nitrogens with one attached hydrogen (secondary N) is 1. The predicted molar refractivity (Wildman–Crippen MR) is 42.2 cm³/mol. The van der Waals surface area contributed by atoms with Crippen molar-refractivity contribution in [1.29, 1.82) is 0 Å². The highest BCUT2D eigenvalue weighted by Crippen LogP contribution is 2.18. The van der Waals surface area contributed by atoms with Crippen LogP contribution in [-0.4, -0.2) is 31.0 Å². The number of piperidine rings is 1. The van der Waals surface area contributed by atoms with Crippen LogP contribution in [0.1, 0.15) is 19.3 Å². The standard InChI is InChI=1S/C8H16FNO/c9-8(6-11)5-7-1-3-10-4-2-7/h7-8,10-11H,1-6H2. The van der Waals surface area contributed by atoms with Crippen LogP contribution in [0.15, 0.2) is 0 Å². The number of halogens is 1. The van der Waals surface area contributed by atoms with Gasteiger partial charge >= 0.3 is 0 Å². The molecule has 11 heavy (non-hydrogen) atoms. The van der Waals surface area contributed by atoms with Gasteiger partial charge < -0.3 is 10.4 Å². The predicted octanol–water partition coefficient (Wildman–Crippen LogP) is 0.707. The molecule has 1 atom stereocenters. The molecule has 0 saturated carbocycles. The van der Waals surface area contributed by atoms with Crippen LogP contribution in [0, 0.1) is 5.92 Å². The van der Waals surface area contributed by atoms with Gasteiger partial charge in [0.2, 0.25) is 0 Å². The first kappa shape index (κ1) is 8.94. The van der Waals surface area contributed by atoms with Crippen molar-refractivity contribution < 1.29 is 9.50 Å². The molecule has 0 aliphatic carbocycles. The zero-order valence-electron chi connectivity index (χ0n) is 6.72. The molecule has 1 aliphatic heterocycles. The Balaban J connectivity index is 2.13. The Bertz CT molecular complexity index is 104. The number of aliphatic hydroxyl groups excluding tert-OH is 1. The zero-order chi connectivity index (χ0) is 8.10. The third-order valence-electron chi connectivity index (χ3n) is 2.25. The Hall–Kier alpha value is -0.150. The van der Waals surface area contributed by atoms with E-state index in [2.05, 4.69) is 5.32 Å². The molecule has 66 valence electrons. The molecule has 0 spiro atoms. The van der Waals surface area contributed by atoms with Crippen molar-refractivity contribution in [1.82, 2.24) is 5.32 Å². The Morgan fingerprint density at radius 3 is 2.64 bits per heavy atom. The average Bonchev–Trinajstić information content (AvgIpc) is 2.06. The van der Waals surface area contributed by atoms with Gasteiger partial charge in [0.15, 0.2) is 0 Å². The van der Waals surface area contributed by atoms with Gasteiger partial charge in [0.25, 0.3) is 0 Å². The van der Waals surface area contributed by atoms with Crippen molar-refractivity contribution in [2.45, 2.75) is 25.4 Å². The van der Waals surface area contributed by atoms with Crippen LogP contribution < -0.4 is 5.32 Å². The first-order valence-corrected chi connectivity index (χ1v) is 4.28. The van der Waals surface area contributed by atoms with Crippen molar-refractivity contribution in [2.75, 3.05) is 19.7 Å². The van der Waals surface area contributed by atoms with Gasteiger partial charge in [0, 0.05) is 0 Å². The quantitative estimate of drug-likeness (QED) is 0.639. The van der Waals surface area contributed by atoms with E-state index in [1.54, 1.807) is 0 Å². The molecule has 1 heterocycles. The highest BCUT2D eigenvalue weighted by atomic mass is 19.1. The minimum absolute atomic E-state index is 0.316. The van der Waals surface area contributed by atoms with Crippen LogP contribution in [0.3, 0.4) is 0 Å². The van der Waals surface area contributed by atoms with Crippen LogP contribution in [0.5, 0.6) is 0 Å². The number of hydrogen-bond acceptors (Lipinski definition) is 2. The molecule has 0 aromatic carbocycles. The van der Waals surface area contributed by atoms with Gasteiger partial charge in [-0.15, -0.1) is 0 Å². The molecule has 1 fully saturated rings. The Kier molecular flexibility index (Phi) is 3.80. The third-order valence-corrected chi connectivity index (χ3v) is 2.25. The van der Waals surface area contributed by atoms with Crippen molar-refractivity contribution in [3.8, 4) is 0 Å². The van der Waals surface area contributed by atoms with E-state index in [9.17, 15) is 4.39 Å². The van der Waals surface area contributed by atoms with Crippen molar-refractivity contribution in [2.24, 2.45) is 5.92 Å². The van der Waals surface area contributed by atoms with E-state index in [0.29, 0.717) is 12.3 Å². The summed E-state index contributed by atoms with van der Waals surface area (Å²) in [6.07, 6.45) is 1.65. The first-order valence-electron chi connectivity index (χ1n) is 4.28. The van der Waals surface area contributed by atoms with E-state index in [-0.39, 0.29) is 6.61 Å². The summed E-state index contributed by atoms with van der Waals surface area (Å²) in [6.45, 7) is 1.69. The van der Waals surface area contributed by atoms with E-state index < -0.39 is 6.17 Å². The van der Waals surface area contributed by atoms with E-state index in [4.69, 9.17) is 5.11 Å². The summed E-state index contributed by atoms with van der Waals surface area (Å²) in [6, 6.07) is 0.